The first kappa shape index (κ1) is 17.4. The van der Waals surface area contributed by atoms with Crippen LogP contribution < -0.4 is 10.2 Å². The van der Waals surface area contributed by atoms with E-state index in [1.807, 2.05) is 20.8 Å². The van der Waals surface area contributed by atoms with Gasteiger partial charge < -0.3 is 15.0 Å². The smallest absolute Gasteiger partial charge is 0.326 e. The fourth-order valence-electron chi connectivity index (χ4n) is 2.03. The molecule has 0 unspecified atom stereocenters. The molecule has 118 valence electrons. The molecule has 1 atom stereocenters. The quantitative estimate of drug-likeness (QED) is 0.763. The van der Waals surface area contributed by atoms with Gasteiger partial charge >= 0.3 is 10.8 Å². The number of thiazole rings is 1. The third kappa shape index (κ3) is 5.71. The number of carbonyl (C=O) groups is 2. The van der Waals surface area contributed by atoms with Crippen LogP contribution in [0.3, 0.4) is 0 Å². The van der Waals surface area contributed by atoms with E-state index in [0.29, 0.717) is 19.4 Å². The highest BCUT2D eigenvalue weighted by Gasteiger charge is 2.20. The molecule has 0 saturated carbocycles. The van der Waals surface area contributed by atoms with Crippen molar-refractivity contribution in [2.24, 2.45) is 5.92 Å². The van der Waals surface area contributed by atoms with Gasteiger partial charge in [-0.1, -0.05) is 25.2 Å². The first-order valence-electron chi connectivity index (χ1n) is 6.98. The zero-order valence-corrected chi connectivity index (χ0v) is 13.4. The predicted molar refractivity (Wildman–Crippen MR) is 81.6 cm³/mol. The van der Waals surface area contributed by atoms with Gasteiger partial charge in [-0.05, 0) is 25.7 Å². The molecule has 0 radical (unpaired) electrons. The monoisotopic (exact) mass is 314 g/mol. The van der Waals surface area contributed by atoms with E-state index in [0.717, 1.165) is 17.0 Å². The first-order valence-corrected chi connectivity index (χ1v) is 7.86. The Morgan fingerprint density at radius 2 is 2.10 bits per heavy atom. The van der Waals surface area contributed by atoms with Crippen molar-refractivity contribution in [3.8, 4) is 0 Å². The number of amides is 1. The topological polar surface area (TPSA) is 88.4 Å². The summed E-state index contributed by atoms with van der Waals surface area (Å²) in [5.74, 6) is -1.11. The zero-order valence-electron chi connectivity index (χ0n) is 12.6. The maximum atomic E-state index is 11.8. The summed E-state index contributed by atoms with van der Waals surface area (Å²) in [4.78, 5) is 34.3. The second-order valence-electron chi connectivity index (χ2n) is 5.49. The van der Waals surface area contributed by atoms with Crippen LogP contribution >= 0.6 is 11.3 Å². The van der Waals surface area contributed by atoms with Gasteiger partial charge in [0.15, 0.2) is 0 Å². The van der Waals surface area contributed by atoms with Crippen LogP contribution in [0, 0.1) is 12.8 Å². The predicted octanol–water partition coefficient (Wildman–Crippen LogP) is 1.61. The Morgan fingerprint density at radius 3 is 2.57 bits per heavy atom. The molecule has 1 aromatic heterocycles. The van der Waals surface area contributed by atoms with Gasteiger partial charge in [-0.3, -0.25) is 9.59 Å². The average molecular weight is 314 g/mol. The van der Waals surface area contributed by atoms with Crippen molar-refractivity contribution in [3.63, 3.8) is 0 Å². The molecule has 2 N–H and O–H groups in total. The highest BCUT2D eigenvalue weighted by Crippen LogP contribution is 2.06. The lowest BCUT2D eigenvalue weighted by atomic mass is 10.0. The van der Waals surface area contributed by atoms with E-state index in [1.54, 1.807) is 9.95 Å². The van der Waals surface area contributed by atoms with Gasteiger partial charge in [0, 0.05) is 24.0 Å². The van der Waals surface area contributed by atoms with Crippen molar-refractivity contribution in [1.29, 1.82) is 0 Å². The minimum Gasteiger partial charge on any atom is -0.480 e. The molecule has 0 aromatic carbocycles. The van der Waals surface area contributed by atoms with Crippen molar-refractivity contribution in [1.82, 2.24) is 9.88 Å². The Hall–Kier alpha value is -1.63. The summed E-state index contributed by atoms with van der Waals surface area (Å²) in [7, 11) is 0. The van der Waals surface area contributed by atoms with E-state index < -0.39 is 12.0 Å². The van der Waals surface area contributed by atoms with Crippen molar-refractivity contribution >= 4 is 23.2 Å². The lowest BCUT2D eigenvalue weighted by Crippen LogP contribution is -2.41. The van der Waals surface area contributed by atoms with Crippen LogP contribution in [0.5, 0.6) is 0 Å². The van der Waals surface area contributed by atoms with Crippen molar-refractivity contribution in [2.75, 3.05) is 0 Å². The number of hydrogen-bond acceptors (Lipinski definition) is 4. The summed E-state index contributed by atoms with van der Waals surface area (Å²) in [5, 5.41) is 13.4. The third-order valence-electron chi connectivity index (χ3n) is 3.10. The van der Waals surface area contributed by atoms with Gasteiger partial charge in [0.2, 0.25) is 5.91 Å². The number of nitrogens with zero attached hydrogens (tertiary/aromatic N) is 1. The van der Waals surface area contributed by atoms with Crippen LogP contribution in [0.1, 0.15) is 38.8 Å². The number of aliphatic carboxylic acids is 1. The van der Waals surface area contributed by atoms with Gasteiger partial charge in [-0.25, -0.2) is 4.79 Å². The van der Waals surface area contributed by atoms with Crippen LogP contribution in [0.25, 0.3) is 0 Å². The molecule has 6 nitrogen and oxygen atoms in total. The van der Waals surface area contributed by atoms with Crippen LogP contribution in [0.4, 0.5) is 0 Å². The molecule has 7 heteroatoms. The Balaban J connectivity index is 2.43. The van der Waals surface area contributed by atoms with Crippen molar-refractivity contribution in [3.05, 3.63) is 20.7 Å². The van der Waals surface area contributed by atoms with E-state index in [2.05, 4.69) is 5.32 Å². The number of nitrogens with one attached hydrogen (secondary N) is 1. The largest absolute Gasteiger partial charge is 0.480 e. The standard InChI is InChI=1S/C14H22N2O4S/c1-9(2)7-11(13(18)19)15-12(17)5-4-6-16-10(3)8-21-14(16)20/h8-9,11H,4-7H2,1-3H3,(H,15,17)(H,18,19)/t11-/m0/s1. The summed E-state index contributed by atoms with van der Waals surface area (Å²) in [6.45, 7) is 6.15. The SMILES string of the molecule is Cc1csc(=O)n1CCCC(=O)N[C@@H](CC(C)C)C(=O)O. The molecule has 21 heavy (non-hydrogen) atoms. The molecule has 0 aliphatic carbocycles. The summed E-state index contributed by atoms with van der Waals surface area (Å²) < 4.78 is 1.63. The molecule has 0 saturated heterocycles. The van der Waals surface area contributed by atoms with E-state index in [1.165, 1.54) is 0 Å². The summed E-state index contributed by atoms with van der Waals surface area (Å²) in [5.41, 5.74) is 0.883. The fourth-order valence-corrected chi connectivity index (χ4v) is 2.79. The lowest BCUT2D eigenvalue weighted by Gasteiger charge is -2.16. The lowest BCUT2D eigenvalue weighted by molar-refractivity contribution is -0.142. The second kappa shape index (κ2) is 7.97. The molecular weight excluding hydrogens is 292 g/mol. The maximum absolute atomic E-state index is 11.8. The van der Waals surface area contributed by atoms with Crippen LogP contribution in [0.15, 0.2) is 10.2 Å². The molecule has 0 bridgehead atoms. The molecule has 0 aliphatic rings. The number of aryl methyl sites for hydroxylation is 1. The van der Waals surface area contributed by atoms with Crippen molar-refractivity contribution in [2.45, 2.75) is 52.6 Å². The van der Waals surface area contributed by atoms with Crippen molar-refractivity contribution < 1.29 is 14.7 Å². The number of rotatable bonds is 8. The Bertz CT molecular complexity index is 547. The Labute approximate surface area is 127 Å². The molecule has 0 spiro atoms. The molecule has 1 heterocycles. The van der Waals surface area contributed by atoms with E-state index in [4.69, 9.17) is 5.11 Å². The number of carboxylic acid groups (broad SMARTS) is 1. The summed E-state index contributed by atoms with van der Waals surface area (Å²) in [6, 6.07) is -0.844. The number of hydrogen-bond donors (Lipinski definition) is 2. The Morgan fingerprint density at radius 1 is 1.43 bits per heavy atom. The fraction of sp³-hybridized carbons (Fsp3) is 0.643. The van der Waals surface area contributed by atoms with E-state index in [-0.39, 0.29) is 23.1 Å². The normalized spacial score (nSPS) is 12.4. The van der Waals surface area contributed by atoms with Gasteiger partial charge in [0.1, 0.15) is 6.04 Å². The highest BCUT2D eigenvalue weighted by molar-refractivity contribution is 7.07. The number of carbonyl (C=O) groups excluding carboxylic acids is 1. The van der Waals surface area contributed by atoms with Gasteiger partial charge in [-0.2, -0.15) is 0 Å². The minimum atomic E-state index is -1.01. The molecule has 1 aromatic rings. The molecule has 0 fully saturated rings. The summed E-state index contributed by atoms with van der Waals surface area (Å²) in [6.07, 6.45) is 1.13. The minimum absolute atomic E-state index is 0.0314. The molecule has 1 rings (SSSR count). The van der Waals surface area contributed by atoms with Crippen LogP contribution in [0.2, 0.25) is 0 Å². The maximum Gasteiger partial charge on any atom is 0.326 e. The number of aromatic nitrogens is 1. The zero-order chi connectivity index (χ0) is 16.0. The number of carboxylic acids is 1. The third-order valence-corrected chi connectivity index (χ3v) is 3.98. The van der Waals surface area contributed by atoms with E-state index in [9.17, 15) is 14.4 Å². The average Bonchev–Trinajstić information content (AvgIpc) is 2.69. The van der Waals surface area contributed by atoms with Gasteiger partial charge in [0.05, 0.1) is 0 Å². The summed E-state index contributed by atoms with van der Waals surface area (Å²) >= 11 is 1.14. The second-order valence-corrected chi connectivity index (χ2v) is 6.31. The Kier molecular flexibility index (Phi) is 6.61. The molecule has 1 amide bonds. The molecular formula is C14H22N2O4S. The van der Waals surface area contributed by atoms with Crippen LogP contribution in [-0.4, -0.2) is 27.6 Å². The van der Waals surface area contributed by atoms with Gasteiger partial charge in [0.25, 0.3) is 0 Å². The molecule has 0 aliphatic heterocycles. The highest BCUT2D eigenvalue weighted by atomic mass is 32.1. The van der Waals surface area contributed by atoms with E-state index >= 15 is 0 Å². The van der Waals surface area contributed by atoms with Gasteiger partial charge in [-0.15, -0.1) is 0 Å². The van der Waals surface area contributed by atoms with Crippen LogP contribution in [-0.2, 0) is 16.1 Å². The first-order chi connectivity index (χ1) is 9.81.